The highest BCUT2D eigenvalue weighted by atomic mass is 35.5. The van der Waals surface area contributed by atoms with Gasteiger partial charge in [-0.05, 0) is 54.8 Å². The van der Waals surface area contributed by atoms with E-state index >= 15 is 0 Å². The van der Waals surface area contributed by atoms with Gasteiger partial charge in [0.1, 0.15) is 11.0 Å². The van der Waals surface area contributed by atoms with Crippen LogP contribution in [0.5, 0.6) is 0 Å². The van der Waals surface area contributed by atoms with Crippen LogP contribution in [-0.4, -0.2) is 10.5 Å². The van der Waals surface area contributed by atoms with Gasteiger partial charge in [-0.3, -0.25) is 0 Å². The van der Waals surface area contributed by atoms with Gasteiger partial charge in [-0.15, -0.1) is 0 Å². The molecule has 0 saturated heterocycles. The molecule has 0 spiro atoms. The maximum Gasteiger partial charge on any atom is 0.223 e. The summed E-state index contributed by atoms with van der Waals surface area (Å²) in [5.41, 5.74) is 6.89. The van der Waals surface area contributed by atoms with Crippen LogP contribution in [0, 0.1) is 0 Å². The van der Waals surface area contributed by atoms with Gasteiger partial charge in [-0.1, -0.05) is 60.1 Å². The largest absolute Gasteiger partial charge is 0.436 e. The first-order valence-electron chi connectivity index (χ1n) is 9.34. The number of fused-ring (bicyclic) bond motifs is 2. The molecule has 0 aliphatic carbocycles. The van der Waals surface area contributed by atoms with Gasteiger partial charge in [-0.2, -0.15) is 0 Å². The molecule has 0 N–H and O–H groups in total. The van der Waals surface area contributed by atoms with Crippen molar-refractivity contribution in [1.82, 2.24) is 4.98 Å². The maximum atomic E-state index is 7.05. The summed E-state index contributed by atoms with van der Waals surface area (Å²) < 4.78 is 6.01. The Morgan fingerprint density at radius 1 is 0.964 bits per heavy atom. The highest BCUT2D eigenvalue weighted by Crippen LogP contribution is 2.42. The molecule has 4 heteroatoms. The lowest BCUT2D eigenvalue weighted by molar-refractivity contribution is 0.582. The van der Waals surface area contributed by atoms with Crippen molar-refractivity contribution in [2.75, 3.05) is 4.90 Å². The van der Waals surface area contributed by atoms with Gasteiger partial charge in [0.15, 0.2) is 5.58 Å². The third-order valence-corrected chi connectivity index (χ3v) is 5.74. The van der Waals surface area contributed by atoms with Crippen molar-refractivity contribution in [1.29, 1.82) is 0 Å². The smallest absolute Gasteiger partial charge is 0.223 e. The fourth-order valence-corrected chi connectivity index (χ4v) is 4.26. The van der Waals surface area contributed by atoms with E-state index in [2.05, 4.69) is 46.3 Å². The van der Waals surface area contributed by atoms with Crippen LogP contribution in [0.1, 0.15) is 18.4 Å². The molecular weight excluding hydrogens is 368 g/mol. The van der Waals surface area contributed by atoms with Crippen LogP contribution in [-0.2, 0) is 6.42 Å². The summed E-state index contributed by atoms with van der Waals surface area (Å²) in [5, 5.41) is 0. The number of para-hydroxylation sites is 4. The average molecular weight is 387 g/mol. The quantitative estimate of drug-likeness (QED) is 0.288. The van der Waals surface area contributed by atoms with Crippen molar-refractivity contribution in [3.05, 3.63) is 95.9 Å². The number of nitrogens with zero attached hydrogens (tertiary/aromatic N) is 2. The normalized spacial score (nSPS) is 18.2. The molecule has 1 aliphatic rings. The third-order valence-electron chi connectivity index (χ3n) is 5.28. The van der Waals surface area contributed by atoms with E-state index in [4.69, 9.17) is 16.0 Å². The summed E-state index contributed by atoms with van der Waals surface area (Å²) in [7, 11) is 0. The van der Waals surface area contributed by atoms with E-state index in [-0.39, 0.29) is 5.50 Å². The molecule has 3 nitrogen and oxygen atoms in total. The number of hydrogen-bond acceptors (Lipinski definition) is 3. The molecule has 138 valence electrons. The summed E-state index contributed by atoms with van der Waals surface area (Å²) in [5.74, 6) is 0.634. The Kier molecular flexibility index (Phi) is 4.18. The second kappa shape index (κ2) is 6.84. The minimum Gasteiger partial charge on any atom is -0.436 e. The number of rotatable bonds is 2. The highest BCUT2D eigenvalue weighted by molar-refractivity contribution is 6.25. The number of alkyl halides is 1. The van der Waals surface area contributed by atoms with Crippen LogP contribution in [0.3, 0.4) is 0 Å². The van der Waals surface area contributed by atoms with Gasteiger partial charge in [0.25, 0.3) is 0 Å². The predicted octanol–water partition coefficient (Wildman–Crippen LogP) is 6.56. The number of aromatic nitrogens is 1. The van der Waals surface area contributed by atoms with Crippen molar-refractivity contribution in [3.8, 4) is 0 Å². The van der Waals surface area contributed by atoms with E-state index in [9.17, 15) is 0 Å². The molecule has 0 bridgehead atoms. The lowest BCUT2D eigenvalue weighted by atomic mass is 9.93. The van der Waals surface area contributed by atoms with Crippen LogP contribution < -0.4 is 4.90 Å². The van der Waals surface area contributed by atoms with Crippen molar-refractivity contribution < 1.29 is 4.42 Å². The molecular formula is C24H19ClN2O. The van der Waals surface area contributed by atoms with Crippen LogP contribution >= 0.6 is 11.6 Å². The number of anilines is 2. The zero-order valence-corrected chi connectivity index (χ0v) is 16.2. The Labute approximate surface area is 168 Å². The van der Waals surface area contributed by atoms with E-state index < -0.39 is 0 Å². The zero-order valence-electron chi connectivity index (χ0n) is 15.5. The van der Waals surface area contributed by atoms with Crippen molar-refractivity contribution in [2.45, 2.75) is 18.8 Å². The number of oxazole rings is 1. The highest BCUT2D eigenvalue weighted by Gasteiger charge is 2.31. The molecule has 1 atom stereocenters. The molecule has 1 unspecified atom stereocenters. The van der Waals surface area contributed by atoms with Crippen LogP contribution in [0.25, 0.3) is 16.7 Å². The molecule has 5 rings (SSSR count). The van der Waals surface area contributed by atoms with Gasteiger partial charge in [0.05, 0.1) is 0 Å². The molecule has 2 heterocycles. The second-order valence-corrected chi connectivity index (χ2v) is 7.40. The van der Waals surface area contributed by atoms with E-state index in [0.717, 1.165) is 40.0 Å². The van der Waals surface area contributed by atoms with Crippen molar-refractivity contribution in [3.63, 3.8) is 0 Å². The summed E-state index contributed by atoms with van der Waals surface area (Å²) >= 11 is 7.05. The number of benzene rings is 3. The van der Waals surface area contributed by atoms with Gasteiger partial charge in [0, 0.05) is 16.9 Å². The number of halogens is 1. The van der Waals surface area contributed by atoms with Gasteiger partial charge in [0.2, 0.25) is 5.89 Å². The predicted molar refractivity (Wildman–Crippen MR) is 115 cm³/mol. The Morgan fingerprint density at radius 3 is 2.50 bits per heavy atom. The van der Waals surface area contributed by atoms with Crippen molar-refractivity contribution >= 4 is 39.6 Å². The summed E-state index contributed by atoms with van der Waals surface area (Å²) in [6.45, 7) is 2.05. The van der Waals surface area contributed by atoms with Gasteiger partial charge in [-0.25, -0.2) is 4.98 Å². The Balaban J connectivity index is 1.67. The molecule has 0 amide bonds. The van der Waals surface area contributed by atoms with E-state index in [1.54, 1.807) is 0 Å². The van der Waals surface area contributed by atoms with Crippen LogP contribution in [0.4, 0.5) is 11.4 Å². The van der Waals surface area contributed by atoms with E-state index in [1.165, 1.54) is 5.56 Å². The number of allylic oxidation sites excluding steroid dienone is 1. The first kappa shape index (κ1) is 17.1. The Bertz CT molecular complexity index is 1150. The summed E-state index contributed by atoms with van der Waals surface area (Å²) in [4.78, 5) is 6.86. The topological polar surface area (TPSA) is 29.3 Å². The molecule has 28 heavy (non-hydrogen) atoms. The molecule has 0 radical (unpaired) electrons. The minimum absolute atomic E-state index is 0.313. The Hall–Kier alpha value is -3.04. The van der Waals surface area contributed by atoms with Crippen molar-refractivity contribution in [2.24, 2.45) is 0 Å². The molecule has 1 aliphatic heterocycles. The number of hydrogen-bond donors (Lipinski definition) is 0. The third kappa shape index (κ3) is 2.79. The lowest BCUT2D eigenvalue weighted by Crippen LogP contribution is -2.34. The fourth-order valence-electron chi connectivity index (χ4n) is 3.80. The van der Waals surface area contributed by atoms with Crippen LogP contribution in [0.2, 0.25) is 0 Å². The first-order valence-corrected chi connectivity index (χ1v) is 9.78. The maximum absolute atomic E-state index is 7.05. The van der Waals surface area contributed by atoms with Crippen LogP contribution in [0.15, 0.2) is 88.9 Å². The van der Waals surface area contributed by atoms with E-state index in [1.807, 2.05) is 49.4 Å². The SMILES string of the molecule is CC(=C1Cc2ccccc2N(c2ccccc2)C1Cl)c1nc2ccccc2o1. The first-order chi connectivity index (χ1) is 13.7. The lowest BCUT2D eigenvalue weighted by Gasteiger charge is -2.38. The monoisotopic (exact) mass is 386 g/mol. The molecule has 0 saturated carbocycles. The summed E-state index contributed by atoms with van der Waals surface area (Å²) in [6, 6.07) is 26.5. The fraction of sp³-hybridized carbons (Fsp3) is 0.125. The zero-order chi connectivity index (χ0) is 19.1. The molecule has 3 aromatic carbocycles. The minimum atomic E-state index is -0.313. The molecule has 4 aromatic rings. The van der Waals surface area contributed by atoms with Gasteiger partial charge >= 0.3 is 0 Å². The summed E-state index contributed by atoms with van der Waals surface area (Å²) in [6.07, 6.45) is 0.776. The second-order valence-electron chi connectivity index (χ2n) is 6.98. The Morgan fingerprint density at radius 2 is 1.68 bits per heavy atom. The molecule has 0 fully saturated rings. The molecule has 1 aromatic heterocycles. The standard InChI is InChI=1S/C24H19ClN2O/c1-16(24-26-20-12-6-8-14-22(20)28-24)19-15-17-9-5-7-13-21(17)27(23(19)25)18-10-3-2-4-11-18/h2-14,23H,15H2,1H3. The van der Waals surface area contributed by atoms with Gasteiger partial charge < -0.3 is 9.32 Å². The van der Waals surface area contributed by atoms with E-state index in [0.29, 0.717) is 5.89 Å². The average Bonchev–Trinajstić information content (AvgIpc) is 3.18.